The van der Waals surface area contributed by atoms with Crippen molar-refractivity contribution in [2.75, 3.05) is 19.0 Å². The predicted octanol–water partition coefficient (Wildman–Crippen LogP) is 3.08. The van der Waals surface area contributed by atoms with Crippen molar-refractivity contribution >= 4 is 16.7 Å². The number of benzene rings is 1. The largest absolute Gasteiger partial charge is 0.497 e. The molecule has 19 heavy (non-hydrogen) atoms. The molecule has 1 saturated carbocycles. The molecule has 5 heteroatoms. The Bertz CT molecular complexity index is 534. The molecule has 0 bridgehead atoms. The summed E-state index contributed by atoms with van der Waals surface area (Å²) in [5.74, 6) is 2.56. The molecule has 0 atom stereocenters. The maximum absolute atomic E-state index is 5.14. The van der Waals surface area contributed by atoms with Gasteiger partial charge in [0.2, 0.25) is 5.13 Å². The normalized spacial score (nSPS) is 14.4. The number of ether oxygens (including phenoxy) is 1. The van der Waals surface area contributed by atoms with Crippen LogP contribution in [0, 0.1) is 0 Å². The number of nitrogens with one attached hydrogen (secondary N) is 1. The molecular weight excluding hydrogens is 258 g/mol. The lowest BCUT2D eigenvalue weighted by molar-refractivity contribution is 0.414. The number of hydrogen-bond donors (Lipinski definition) is 1. The van der Waals surface area contributed by atoms with Gasteiger partial charge in [0, 0.05) is 24.0 Å². The smallest absolute Gasteiger partial charge is 0.202 e. The Morgan fingerprint density at radius 1 is 1.32 bits per heavy atom. The second-order valence-corrected chi connectivity index (χ2v) is 5.51. The summed E-state index contributed by atoms with van der Waals surface area (Å²) in [6.07, 6.45) is 3.48. The zero-order valence-corrected chi connectivity index (χ0v) is 11.7. The first-order valence-electron chi connectivity index (χ1n) is 6.55. The van der Waals surface area contributed by atoms with Crippen LogP contribution < -0.4 is 10.1 Å². The van der Waals surface area contributed by atoms with Crippen molar-refractivity contribution in [2.45, 2.75) is 25.2 Å². The third-order valence-electron chi connectivity index (χ3n) is 3.23. The summed E-state index contributed by atoms with van der Waals surface area (Å²) in [5, 5.41) is 4.28. The van der Waals surface area contributed by atoms with Crippen LogP contribution in [-0.4, -0.2) is 23.0 Å². The van der Waals surface area contributed by atoms with Crippen LogP contribution >= 0.6 is 11.5 Å². The van der Waals surface area contributed by atoms with Gasteiger partial charge in [-0.15, -0.1) is 0 Å². The number of rotatable bonds is 6. The van der Waals surface area contributed by atoms with E-state index in [1.54, 1.807) is 7.11 Å². The summed E-state index contributed by atoms with van der Waals surface area (Å²) < 4.78 is 9.52. The Kier molecular flexibility index (Phi) is 3.64. The van der Waals surface area contributed by atoms with Gasteiger partial charge in [0.1, 0.15) is 11.6 Å². The van der Waals surface area contributed by atoms with Crippen molar-refractivity contribution in [3.63, 3.8) is 0 Å². The zero-order chi connectivity index (χ0) is 13.1. The SMILES string of the molecule is COc1ccc(CCNc2nc(C3CC3)ns2)cc1. The van der Waals surface area contributed by atoms with Gasteiger partial charge in [-0.05, 0) is 37.0 Å². The molecule has 3 rings (SSSR count). The fourth-order valence-electron chi connectivity index (χ4n) is 1.92. The zero-order valence-electron chi connectivity index (χ0n) is 10.9. The summed E-state index contributed by atoms with van der Waals surface area (Å²) in [6, 6.07) is 8.17. The molecule has 1 aromatic heterocycles. The summed E-state index contributed by atoms with van der Waals surface area (Å²) in [6.45, 7) is 0.881. The summed E-state index contributed by atoms with van der Waals surface area (Å²) in [7, 11) is 1.68. The highest BCUT2D eigenvalue weighted by molar-refractivity contribution is 7.09. The molecule has 1 aliphatic rings. The molecule has 100 valence electrons. The minimum atomic E-state index is 0.633. The van der Waals surface area contributed by atoms with Crippen LogP contribution in [-0.2, 0) is 6.42 Å². The lowest BCUT2D eigenvalue weighted by Crippen LogP contribution is -2.04. The van der Waals surface area contributed by atoms with Crippen molar-refractivity contribution in [1.29, 1.82) is 0 Å². The molecule has 1 heterocycles. The number of nitrogens with zero attached hydrogens (tertiary/aromatic N) is 2. The molecule has 1 aromatic carbocycles. The fourth-order valence-corrected chi connectivity index (χ4v) is 2.59. The number of anilines is 1. The van der Waals surface area contributed by atoms with Crippen LogP contribution in [0.2, 0.25) is 0 Å². The lowest BCUT2D eigenvalue weighted by atomic mass is 10.1. The number of aromatic nitrogens is 2. The molecular formula is C14H17N3OS. The average Bonchev–Trinajstić information content (AvgIpc) is 3.20. The number of methoxy groups -OCH3 is 1. The van der Waals surface area contributed by atoms with E-state index in [0.717, 1.165) is 29.7 Å². The second-order valence-electron chi connectivity index (χ2n) is 4.76. The fraction of sp³-hybridized carbons (Fsp3) is 0.429. The topological polar surface area (TPSA) is 47.0 Å². The molecule has 1 fully saturated rings. The molecule has 0 aliphatic heterocycles. The third kappa shape index (κ3) is 3.23. The maximum Gasteiger partial charge on any atom is 0.202 e. The van der Waals surface area contributed by atoms with E-state index in [9.17, 15) is 0 Å². The van der Waals surface area contributed by atoms with E-state index in [1.165, 1.54) is 29.9 Å². The standard InChI is InChI=1S/C14H17N3OS/c1-18-12-6-2-10(3-7-12)8-9-15-14-16-13(17-19-14)11-4-5-11/h2-3,6-7,11H,4-5,8-9H2,1H3,(H,15,16,17). The Balaban J connectivity index is 1.48. The molecule has 0 amide bonds. The molecule has 1 N–H and O–H groups in total. The van der Waals surface area contributed by atoms with Gasteiger partial charge < -0.3 is 10.1 Å². The van der Waals surface area contributed by atoms with Crippen molar-refractivity contribution < 1.29 is 4.74 Å². The second kappa shape index (κ2) is 5.57. The van der Waals surface area contributed by atoms with E-state index in [2.05, 4.69) is 26.8 Å². The van der Waals surface area contributed by atoms with Crippen molar-refractivity contribution in [3.8, 4) is 5.75 Å². The van der Waals surface area contributed by atoms with E-state index in [4.69, 9.17) is 4.74 Å². The van der Waals surface area contributed by atoms with E-state index < -0.39 is 0 Å². The molecule has 0 saturated heterocycles. The van der Waals surface area contributed by atoms with Crippen LogP contribution in [0.1, 0.15) is 30.1 Å². The monoisotopic (exact) mass is 275 g/mol. The quantitative estimate of drug-likeness (QED) is 0.880. The van der Waals surface area contributed by atoms with Crippen molar-refractivity contribution in [2.24, 2.45) is 0 Å². The van der Waals surface area contributed by atoms with Gasteiger partial charge in [0.05, 0.1) is 7.11 Å². The molecule has 1 aliphatic carbocycles. The van der Waals surface area contributed by atoms with Gasteiger partial charge in [-0.3, -0.25) is 0 Å². The van der Waals surface area contributed by atoms with Crippen LogP contribution in [0.25, 0.3) is 0 Å². The van der Waals surface area contributed by atoms with Gasteiger partial charge in [0.25, 0.3) is 0 Å². The Morgan fingerprint density at radius 3 is 2.79 bits per heavy atom. The van der Waals surface area contributed by atoms with Gasteiger partial charge in [-0.2, -0.15) is 4.37 Å². The van der Waals surface area contributed by atoms with Crippen LogP contribution in [0.4, 0.5) is 5.13 Å². The molecule has 0 spiro atoms. The first-order chi connectivity index (χ1) is 9.35. The van der Waals surface area contributed by atoms with E-state index >= 15 is 0 Å². The van der Waals surface area contributed by atoms with E-state index in [-0.39, 0.29) is 0 Å². The Morgan fingerprint density at radius 2 is 2.11 bits per heavy atom. The van der Waals surface area contributed by atoms with Crippen LogP contribution in [0.5, 0.6) is 5.75 Å². The van der Waals surface area contributed by atoms with E-state index in [0.29, 0.717) is 5.92 Å². The molecule has 0 radical (unpaired) electrons. The highest BCUT2D eigenvalue weighted by atomic mass is 32.1. The summed E-state index contributed by atoms with van der Waals surface area (Å²) in [5.41, 5.74) is 1.29. The highest BCUT2D eigenvalue weighted by Gasteiger charge is 2.27. The molecule has 4 nitrogen and oxygen atoms in total. The first kappa shape index (κ1) is 12.4. The third-order valence-corrected chi connectivity index (χ3v) is 3.92. The highest BCUT2D eigenvalue weighted by Crippen LogP contribution is 2.39. The van der Waals surface area contributed by atoms with Crippen molar-refractivity contribution in [3.05, 3.63) is 35.7 Å². The lowest BCUT2D eigenvalue weighted by Gasteiger charge is -2.04. The maximum atomic E-state index is 5.14. The van der Waals surface area contributed by atoms with Gasteiger partial charge in [-0.25, -0.2) is 4.98 Å². The summed E-state index contributed by atoms with van der Waals surface area (Å²) >= 11 is 1.47. The van der Waals surface area contributed by atoms with Crippen molar-refractivity contribution in [1.82, 2.24) is 9.36 Å². The van der Waals surface area contributed by atoms with E-state index in [1.807, 2.05) is 12.1 Å². The minimum Gasteiger partial charge on any atom is -0.497 e. The van der Waals surface area contributed by atoms with Gasteiger partial charge in [-0.1, -0.05) is 12.1 Å². The molecule has 2 aromatic rings. The van der Waals surface area contributed by atoms with Crippen LogP contribution in [0.3, 0.4) is 0 Å². The van der Waals surface area contributed by atoms with Gasteiger partial charge >= 0.3 is 0 Å². The summed E-state index contributed by atoms with van der Waals surface area (Å²) in [4.78, 5) is 4.51. The molecule has 0 unspecified atom stereocenters. The van der Waals surface area contributed by atoms with Gasteiger partial charge in [0.15, 0.2) is 0 Å². The number of hydrogen-bond acceptors (Lipinski definition) is 5. The Labute approximate surface area is 117 Å². The minimum absolute atomic E-state index is 0.633. The van der Waals surface area contributed by atoms with Crippen LogP contribution in [0.15, 0.2) is 24.3 Å². The predicted molar refractivity (Wildman–Crippen MR) is 77.1 cm³/mol. The first-order valence-corrected chi connectivity index (χ1v) is 7.33. The Hall–Kier alpha value is -1.62. The average molecular weight is 275 g/mol.